The maximum atomic E-state index is 12.6. The van der Waals surface area contributed by atoms with Crippen LogP contribution in [0.15, 0.2) is 36.4 Å². The number of pyridine rings is 1. The molecule has 3 rings (SSSR count). The number of anilines is 1. The van der Waals surface area contributed by atoms with Crippen LogP contribution in [0.5, 0.6) is 11.5 Å². The number of hydrogen-bond acceptors (Lipinski definition) is 5. The van der Waals surface area contributed by atoms with Crippen LogP contribution in [0.3, 0.4) is 0 Å². The minimum atomic E-state index is -0.304. The van der Waals surface area contributed by atoms with Crippen LogP contribution in [0.4, 0.5) is 5.69 Å². The molecule has 10 heteroatoms. The van der Waals surface area contributed by atoms with Crippen LogP contribution in [0, 0.1) is 6.92 Å². The molecule has 0 aliphatic heterocycles. The van der Waals surface area contributed by atoms with Crippen molar-refractivity contribution >= 4 is 64.0 Å². The number of amides is 2. The van der Waals surface area contributed by atoms with Gasteiger partial charge in [-0.15, -0.1) is 12.4 Å². The Morgan fingerprint density at radius 2 is 1.89 bits per heavy atom. The number of carbonyl (C=O) groups excluding carboxylic acids is 2. The van der Waals surface area contributed by atoms with E-state index in [0.29, 0.717) is 51.2 Å². The molecule has 1 aromatic heterocycles. The van der Waals surface area contributed by atoms with Crippen molar-refractivity contribution in [3.05, 3.63) is 57.7 Å². The van der Waals surface area contributed by atoms with Gasteiger partial charge in [-0.2, -0.15) is 0 Å². The minimum absolute atomic E-state index is 0. The summed E-state index contributed by atoms with van der Waals surface area (Å²) in [7, 11) is 3.21. The molecule has 1 heterocycles. The lowest BCUT2D eigenvalue weighted by Gasteiger charge is -2.21. The third kappa shape index (κ3) is 6.69. The zero-order chi connectivity index (χ0) is 24.8. The molecule has 2 amide bonds. The Morgan fingerprint density at radius 3 is 2.57 bits per heavy atom. The summed E-state index contributed by atoms with van der Waals surface area (Å²) in [6, 6.07) is 10.8. The molecule has 7 nitrogen and oxygen atoms in total. The molecule has 0 saturated carbocycles. The van der Waals surface area contributed by atoms with Crippen LogP contribution in [0.25, 0.3) is 10.9 Å². The maximum absolute atomic E-state index is 12.6. The van der Waals surface area contributed by atoms with E-state index in [-0.39, 0.29) is 37.4 Å². The summed E-state index contributed by atoms with van der Waals surface area (Å²) in [6.45, 7) is 3.73. The summed E-state index contributed by atoms with van der Waals surface area (Å²) >= 11 is 13.1. The van der Waals surface area contributed by atoms with E-state index in [9.17, 15) is 9.59 Å². The van der Waals surface area contributed by atoms with Gasteiger partial charge >= 0.3 is 0 Å². The molecule has 1 N–H and O–H groups in total. The third-order valence-corrected chi connectivity index (χ3v) is 6.08. The highest BCUT2D eigenvalue weighted by atomic mass is 35.5. The van der Waals surface area contributed by atoms with Crippen LogP contribution >= 0.6 is 35.6 Å². The Hall–Kier alpha value is -2.74. The zero-order valence-corrected chi connectivity index (χ0v) is 22.3. The van der Waals surface area contributed by atoms with E-state index in [1.807, 2.05) is 38.1 Å². The highest BCUT2D eigenvalue weighted by Gasteiger charge is 2.19. The Bertz CT molecular complexity index is 1220. The number of aromatic nitrogens is 1. The molecule has 0 unspecified atom stereocenters. The van der Waals surface area contributed by atoms with E-state index in [2.05, 4.69) is 10.3 Å². The Kier molecular flexibility index (Phi) is 10.4. The Labute approximate surface area is 221 Å². The molecular weight excluding hydrogens is 513 g/mol. The predicted molar refractivity (Wildman–Crippen MR) is 142 cm³/mol. The molecule has 2 aromatic carbocycles. The highest BCUT2D eigenvalue weighted by Crippen LogP contribution is 2.36. The van der Waals surface area contributed by atoms with Gasteiger partial charge in [0.15, 0.2) is 0 Å². The quantitative estimate of drug-likeness (QED) is 0.374. The van der Waals surface area contributed by atoms with Gasteiger partial charge < -0.3 is 19.7 Å². The first kappa shape index (κ1) is 28.5. The fraction of sp³-hybridized carbons (Fsp3) is 0.320. The van der Waals surface area contributed by atoms with E-state index in [0.717, 1.165) is 11.1 Å². The summed E-state index contributed by atoms with van der Waals surface area (Å²) in [5, 5.41) is 4.15. The van der Waals surface area contributed by atoms with Gasteiger partial charge in [0.1, 0.15) is 23.6 Å². The summed E-state index contributed by atoms with van der Waals surface area (Å²) < 4.78 is 11.6. The number of nitrogens with zero attached hydrogens (tertiary/aromatic N) is 2. The summed E-state index contributed by atoms with van der Waals surface area (Å²) in [5.74, 6) is 0.787. The number of nitrogens with one attached hydrogen (secondary N) is 1. The molecule has 3 aromatic rings. The van der Waals surface area contributed by atoms with Gasteiger partial charge in [-0.1, -0.05) is 36.2 Å². The van der Waals surface area contributed by atoms with Crippen LogP contribution in [0.2, 0.25) is 10.0 Å². The molecule has 0 atom stereocenters. The van der Waals surface area contributed by atoms with Gasteiger partial charge in [0.2, 0.25) is 11.8 Å². The fourth-order valence-corrected chi connectivity index (χ4v) is 4.07. The Balaban J connectivity index is 0.00000432. The van der Waals surface area contributed by atoms with Crippen LogP contribution in [-0.4, -0.2) is 37.5 Å². The van der Waals surface area contributed by atoms with Crippen molar-refractivity contribution in [1.29, 1.82) is 0 Å². The lowest BCUT2D eigenvalue weighted by Crippen LogP contribution is -2.38. The third-order valence-electron chi connectivity index (χ3n) is 5.30. The van der Waals surface area contributed by atoms with Crippen LogP contribution < -0.4 is 19.7 Å². The predicted octanol–water partition coefficient (Wildman–Crippen LogP) is 5.74. The zero-order valence-electron chi connectivity index (χ0n) is 20.0. The van der Waals surface area contributed by atoms with Crippen molar-refractivity contribution in [2.45, 2.75) is 33.3 Å². The number of hydrogen-bond donors (Lipinski definition) is 1. The number of likely N-dealkylation sites (N-methyl/N-ethyl adjacent to an activating group) is 1. The monoisotopic (exact) mass is 539 g/mol. The summed E-state index contributed by atoms with van der Waals surface area (Å²) in [5.41, 5.74) is 2.46. The molecule has 0 aliphatic rings. The first-order valence-electron chi connectivity index (χ1n) is 10.8. The molecule has 0 spiro atoms. The second-order valence-corrected chi connectivity index (χ2v) is 8.53. The lowest BCUT2D eigenvalue weighted by atomic mass is 10.1. The van der Waals surface area contributed by atoms with Gasteiger partial charge in [-0.3, -0.25) is 9.59 Å². The number of aryl methyl sites for hydroxylation is 1. The van der Waals surface area contributed by atoms with Gasteiger partial charge in [-0.25, -0.2) is 4.98 Å². The minimum Gasteiger partial charge on any atom is -0.496 e. The van der Waals surface area contributed by atoms with E-state index in [1.54, 1.807) is 26.3 Å². The van der Waals surface area contributed by atoms with Crippen molar-refractivity contribution in [3.8, 4) is 11.5 Å². The van der Waals surface area contributed by atoms with Crippen molar-refractivity contribution in [2.24, 2.45) is 0 Å². The molecule has 0 aliphatic carbocycles. The van der Waals surface area contributed by atoms with Gasteiger partial charge in [-0.05, 0) is 37.6 Å². The molecular formula is C25H28Cl3N3O4. The van der Waals surface area contributed by atoms with Gasteiger partial charge in [0.25, 0.3) is 0 Å². The van der Waals surface area contributed by atoms with Crippen LogP contribution in [-0.2, 0) is 16.2 Å². The number of halogens is 3. The Morgan fingerprint density at radius 1 is 1.14 bits per heavy atom. The van der Waals surface area contributed by atoms with Crippen molar-refractivity contribution in [2.75, 3.05) is 25.6 Å². The van der Waals surface area contributed by atoms with Crippen molar-refractivity contribution in [1.82, 2.24) is 10.3 Å². The highest BCUT2D eigenvalue weighted by molar-refractivity contribution is 6.38. The molecule has 0 saturated heterocycles. The summed E-state index contributed by atoms with van der Waals surface area (Å²) in [4.78, 5) is 30.3. The molecule has 0 fully saturated rings. The van der Waals surface area contributed by atoms with Crippen molar-refractivity contribution in [3.63, 3.8) is 0 Å². The normalized spacial score (nSPS) is 10.5. The van der Waals surface area contributed by atoms with E-state index >= 15 is 0 Å². The average molecular weight is 541 g/mol. The largest absolute Gasteiger partial charge is 0.496 e. The maximum Gasteiger partial charge on any atom is 0.246 e. The number of ether oxygens (including phenoxy) is 2. The topological polar surface area (TPSA) is 80.8 Å². The van der Waals surface area contributed by atoms with Gasteiger partial charge in [0, 0.05) is 41.2 Å². The van der Waals surface area contributed by atoms with Gasteiger partial charge in [0.05, 0.1) is 24.4 Å². The van der Waals surface area contributed by atoms with Crippen LogP contribution in [0.1, 0.15) is 31.0 Å². The lowest BCUT2D eigenvalue weighted by molar-refractivity contribution is -0.124. The van der Waals surface area contributed by atoms with E-state index in [1.165, 1.54) is 4.90 Å². The SMILES string of the molecule is CCCC(=O)NCC(=O)N(C)c1ccc(Cl)c(COc2cccc3c(OC)cc(C)nc23)c1Cl.Cl. The smallest absolute Gasteiger partial charge is 0.246 e. The molecule has 35 heavy (non-hydrogen) atoms. The molecule has 0 radical (unpaired) electrons. The second kappa shape index (κ2) is 12.8. The number of rotatable bonds is 9. The first-order chi connectivity index (χ1) is 16.3. The number of carbonyl (C=O) groups is 2. The summed E-state index contributed by atoms with van der Waals surface area (Å²) in [6.07, 6.45) is 1.08. The standard InChI is InChI=1S/C25H27Cl2N3O4.ClH/c1-5-7-22(31)28-13-23(32)30(3)19-11-10-18(26)17(24(19)27)14-34-20-9-6-8-16-21(33-4)12-15(2)29-25(16)20;/h6,8-12H,5,7,13-14H2,1-4H3,(H,28,31);1H. The molecule has 188 valence electrons. The fourth-order valence-electron chi connectivity index (χ4n) is 3.47. The van der Waals surface area contributed by atoms with E-state index < -0.39 is 0 Å². The van der Waals surface area contributed by atoms with E-state index in [4.69, 9.17) is 32.7 Å². The van der Waals surface area contributed by atoms with Crippen molar-refractivity contribution < 1.29 is 19.1 Å². The number of fused-ring (bicyclic) bond motifs is 1. The molecule has 0 bridgehead atoms. The number of benzene rings is 2. The second-order valence-electron chi connectivity index (χ2n) is 7.75. The average Bonchev–Trinajstić information content (AvgIpc) is 2.81. The first-order valence-corrected chi connectivity index (χ1v) is 11.6. The number of methoxy groups -OCH3 is 1. The number of para-hydroxylation sites is 1.